The van der Waals surface area contributed by atoms with Crippen LogP contribution in [0.5, 0.6) is 0 Å². The predicted molar refractivity (Wildman–Crippen MR) is 37.9 cm³/mol. The summed E-state index contributed by atoms with van der Waals surface area (Å²) in [5.41, 5.74) is 6.83. The van der Waals surface area contributed by atoms with Crippen molar-refractivity contribution in [3.05, 3.63) is 0 Å². The Kier molecular flexibility index (Phi) is 5.80. The Labute approximate surface area is 59.8 Å². The number of hydroxylamine groups is 1. The van der Waals surface area contributed by atoms with Gasteiger partial charge in [-0.1, -0.05) is 0 Å². The first kappa shape index (κ1) is 9.19. The Bertz CT molecular complexity index is 105. The number of hydrogen-bond donors (Lipinski definition) is 3. The van der Waals surface area contributed by atoms with E-state index in [4.69, 9.17) is 15.7 Å². The molecule has 0 bridgehead atoms. The van der Waals surface area contributed by atoms with E-state index < -0.39 is 0 Å². The predicted octanol–water partition coefficient (Wildman–Crippen LogP) is -0.684. The molecule has 0 unspecified atom stereocenters. The van der Waals surface area contributed by atoms with E-state index in [0.29, 0.717) is 13.2 Å². The summed E-state index contributed by atoms with van der Waals surface area (Å²) in [5, 5.41) is 8.15. The molecule has 0 atom stereocenters. The van der Waals surface area contributed by atoms with Gasteiger partial charge in [0.25, 0.3) is 0 Å². The summed E-state index contributed by atoms with van der Waals surface area (Å²) < 4.78 is 4.76. The number of nitrogens with one attached hydrogen (secondary N) is 1. The van der Waals surface area contributed by atoms with E-state index in [2.05, 4.69) is 4.99 Å². The van der Waals surface area contributed by atoms with Crippen molar-refractivity contribution in [1.29, 1.82) is 0 Å². The molecule has 4 N–H and O–H groups in total. The second-order valence-electron chi connectivity index (χ2n) is 1.73. The minimum atomic E-state index is 0.0381. The first-order valence-electron chi connectivity index (χ1n) is 3.00. The molecule has 0 amide bonds. The lowest BCUT2D eigenvalue weighted by atomic mass is 10.5. The fourth-order valence-corrected chi connectivity index (χ4v) is 0.444. The SMILES string of the molecule is COCCCN=C(N)NO. The Morgan fingerprint density at radius 1 is 1.80 bits per heavy atom. The second kappa shape index (κ2) is 6.31. The van der Waals surface area contributed by atoms with Crippen LogP contribution in [0.4, 0.5) is 0 Å². The Hall–Kier alpha value is -0.810. The fraction of sp³-hybridized carbons (Fsp3) is 0.800. The molecular weight excluding hydrogens is 134 g/mol. The van der Waals surface area contributed by atoms with Crippen LogP contribution in [0.3, 0.4) is 0 Å². The van der Waals surface area contributed by atoms with Gasteiger partial charge in [0.05, 0.1) is 0 Å². The van der Waals surface area contributed by atoms with Gasteiger partial charge in [-0.25, -0.2) is 5.48 Å². The highest BCUT2D eigenvalue weighted by molar-refractivity contribution is 5.76. The minimum absolute atomic E-state index is 0.0381. The van der Waals surface area contributed by atoms with Gasteiger partial charge in [-0.2, -0.15) is 0 Å². The van der Waals surface area contributed by atoms with E-state index in [-0.39, 0.29) is 5.96 Å². The van der Waals surface area contributed by atoms with Crippen LogP contribution >= 0.6 is 0 Å². The number of guanidine groups is 1. The summed E-state index contributed by atoms with van der Waals surface area (Å²) in [4.78, 5) is 3.73. The number of nitrogens with two attached hydrogens (primary N) is 1. The van der Waals surface area contributed by atoms with E-state index in [1.54, 1.807) is 12.6 Å². The number of rotatable bonds is 4. The maximum atomic E-state index is 8.15. The first-order valence-corrected chi connectivity index (χ1v) is 3.00. The zero-order chi connectivity index (χ0) is 7.82. The normalized spacial score (nSPS) is 11.6. The van der Waals surface area contributed by atoms with Crippen molar-refractivity contribution in [2.24, 2.45) is 10.7 Å². The Morgan fingerprint density at radius 3 is 3.00 bits per heavy atom. The van der Waals surface area contributed by atoms with E-state index in [0.717, 1.165) is 6.42 Å². The van der Waals surface area contributed by atoms with Gasteiger partial charge in [-0.15, -0.1) is 0 Å². The van der Waals surface area contributed by atoms with Gasteiger partial charge in [0, 0.05) is 20.3 Å². The van der Waals surface area contributed by atoms with Crippen molar-refractivity contribution in [2.45, 2.75) is 6.42 Å². The molecule has 0 aromatic carbocycles. The minimum Gasteiger partial charge on any atom is -0.385 e. The van der Waals surface area contributed by atoms with Crippen LogP contribution in [0.15, 0.2) is 4.99 Å². The van der Waals surface area contributed by atoms with Gasteiger partial charge in [-0.05, 0) is 6.42 Å². The first-order chi connectivity index (χ1) is 4.81. The largest absolute Gasteiger partial charge is 0.385 e. The molecule has 0 heterocycles. The molecule has 0 rings (SSSR count). The molecule has 0 aliphatic heterocycles. The van der Waals surface area contributed by atoms with E-state index in [1.807, 2.05) is 0 Å². The molecule has 0 saturated carbocycles. The van der Waals surface area contributed by atoms with Crippen molar-refractivity contribution >= 4 is 5.96 Å². The monoisotopic (exact) mass is 147 g/mol. The third-order valence-corrected chi connectivity index (χ3v) is 0.903. The topological polar surface area (TPSA) is 79.9 Å². The van der Waals surface area contributed by atoms with E-state index >= 15 is 0 Å². The van der Waals surface area contributed by atoms with Crippen LogP contribution in [-0.2, 0) is 4.74 Å². The lowest BCUT2D eigenvalue weighted by Gasteiger charge is -1.96. The van der Waals surface area contributed by atoms with Crippen molar-refractivity contribution in [3.63, 3.8) is 0 Å². The quantitative estimate of drug-likeness (QED) is 0.213. The van der Waals surface area contributed by atoms with Crippen LogP contribution in [0.1, 0.15) is 6.42 Å². The van der Waals surface area contributed by atoms with Crippen LogP contribution in [0.25, 0.3) is 0 Å². The van der Waals surface area contributed by atoms with Gasteiger partial charge >= 0.3 is 0 Å². The third-order valence-electron chi connectivity index (χ3n) is 0.903. The zero-order valence-electron chi connectivity index (χ0n) is 6.00. The van der Waals surface area contributed by atoms with E-state index in [1.165, 1.54) is 0 Å². The highest BCUT2D eigenvalue weighted by Gasteiger charge is 1.85. The molecule has 10 heavy (non-hydrogen) atoms. The lowest BCUT2D eigenvalue weighted by molar-refractivity contribution is 0.196. The molecule has 60 valence electrons. The molecule has 0 aromatic rings. The molecule has 0 fully saturated rings. The number of nitrogens with zero attached hydrogens (tertiary/aromatic N) is 1. The lowest BCUT2D eigenvalue weighted by Crippen LogP contribution is -2.28. The average molecular weight is 147 g/mol. The zero-order valence-corrected chi connectivity index (χ0v) is 6.00. The third kappa shape index (κ3) is 5.33. The number of methoxy groups -OCH3 is 1. The van der Waals surface area contributed by atoms with Gasteiger partial charge in [-0.3, -0.25) is 10.2 Å². The number of hydrogen-bond acceptors (Lipinski definition) is 3. The fourth-order valence-electron chi connectivity index (χ4n) is 0.444. The second-order valence-corrected chi connectivity index (χ2v) is 1.73. The van der Waals surface area contributed by atoms with Gasteiger partial charge < -0.3 is 10.5 Å². The molecule has 0 saturated heterocycles. The van der Waals surface area contributed by atoms with Crippen molar-refractivity contribution in [2.75, 3.05) is 20.3 Å². The average Bonchev–Trinajstić information content (AvgIpc) is 1.98. The maximum absolute atomic E-state index is 8.15. The molecule has 0 aliphatic rings. The highest BCUT2D eigenvalue weighted by Crippen LogP contribution is 1.80. The van der Waals surface area contributed by atoms with Crippen molar-refractivity contribution < 1.29 is 9.94 Å². The Balaban J connectivity index is 3.16. The molecule has 0 aromatic heterocycles. The standard InChI is InChI=1S/C5H13N3O2/c1-10-4-2-3-7-5(6)8-9/h9H,2-4H2,1H3,(H3,6,7,8). The molecule has 0 radical (unpaired) electrons. The maximum Gasteiger partial charge on any atom is 0.212 e. The van der Waals surface area contributed by atoms with Gasteiger partial charge in [0.1, 0.15) is 0 Å². The van der Waals surface area contributed by atoms with Crippen LogP contribution in [-0.4, -0.2) is 31.4 Å². The van der Waals surface area contributed by atoms with Crippen molar-refractivity contribution in [3.8, 4) is 0 Å². The molecule has 5 heteroatoms. The molecule has 0 aliphatic carbocycles. The van der Waals surface area contributed by atoms with Crippen LogP contribution in [0, 0.1) is 0 Å². The summed E-state index contributed by atoms with van der Waals surface area (Å²) in [6.45, 7) is 1.22. The van der Waals surface area contributed by atoms with Crippen LogP contribution < -0.4 is 11.2 Å². The van der Waals surface area contributed by atoms with Gasteiger partial charge in [0.2, 0.25) is 5.96 Å². The number of ether oxygens (including phenoxy) is 1. The highest BCUT2D eigenvalue weighted by atomic mass is 16.5. The summed E-state index contributed by atoms with van der Waals surface area (Å²) >= 11 is 0. The summed E-state index contributed by atoms with van der Waals surface area (Å²) in [6.07, 6.45) is 0.804. The summed E-state index contributed by atoms with van der Waals surface area (Å²) in [6, 6.07) is 0. The van der Waals surface area contributed by atoms with E-state index in [9.17, 15) is 0 Å². The van der Waals surface area contributed by atoms with Gasteiger partial charge in [0.15, 0.2) is 0 Å². The summed E-state index contributed by atoms with van der Waals surface area (Å²) in [5.74, 6) is 0.0381. The summed E-state index contributed by atoms with van der Waals surface area (Å²) in [7, 11) is 1.62. The molecule has 5 nitrogen and oxygen atoms in total. The van der Waals surface area contributed by atoms with Crippen molar-refractivity contribution in [1.82, 2.24) is 5.48 Å². The van der Waals surface area contributed by atoms with Crippen LogP contribution in [0.2, 0.25) is 0 Å². The smallest absolute Gasteiger partial charge is 0.212 e. The molecule has 0 spiro atoms. The molecular formula is C5H13N3O2. The Morgan fingerprint density at radius 2 is 2.50 bits per heavy atom. The number of aliphatic imine (C=N–C) groups is 1.